The second-order valence-electron chi connectivity index (χ2n) is 6.42. The largest absolute Gasteiger partial charge is 0.496 e. The molecule has 0 radical (unpaired) electrons. The lowest BCUT2D eigenvalue weighted by Crippen LogP contribution is -2.28. The highest BCUT2D eigenvalue weighted by molar-refractivity contribution is 5.83. The van der Waals surface area contributed by atoms with E-state index in [0.29, 0.717) is 33.7 Å². The summed E-state index contributed by atoms with van der Waals surface area (Å²) in [7, 11) is 4.59. The number of nitriles is 1. The topological polar surface area (TPSA) is 103 Å². The number of hydrogen-bond donors (Lipinski definition) is 1. The molecule has 0 atom stereocenters. The summed E-state index contributed by atoms with van der Waals surface area (Å²) in [6.45, 7) is 0.149. The maximum absolute atomic E-state index is 12.6. The van der Waals surface area contributed by atoms with Crippen molar-refractivity contribution < 1.29 is 19.0 Å². The van der Waals surface area contributed by atoms with Crippen LogP contribution in [0.1, 0.15) is 11.1 Å². The molecule has 0 saturated carbocycles. The highest BCUT2D eigenvalue weighted by Crippen LogP contribution is 2.34. The fraction of sp³-hybridized carbons (Fsp3) is 0.227. The van der Waals surface area contributed by atoms with Gasteiger partial charge in [0.2, 0.25) is 11.3 Å². The Kier molecular flexibility index (Phi) is 6.23. The molecule has 0 fully saturated rings. The lowest BCUT2D eigenvalue weighted by Gasteiger charge is -2.15. The molecular weight excluding hydrogens is 386 g/mol. The quantitative estimate of drug-likeness (QED) is 0.644. The Hall–Kier alpha value is -3.99. The standard InChI is InChI=1S/C22H21N3O5/c1-28-18-9-20(30-3)19(29-2)8-14(18)11-24-21(26)13-25-12-15(10-23)22(27)16-6-4-5-7-17(16)25/h4-9,12H,11,13H2,1-3H3,(H,24,26). The van der Waals surface area contributed by atoms with Crippen LogP contribution in [0.15, 0.2) is 47.4 Å². The van der Waals surface area contributed by atoms with E-state index in [1.165, 1.54) is 27.5 Å². The first-order valence-electron chi connectivity index (χ1n) is 9.10. The van der Waals surface area contributed by atoms with E-state index >= 15 is 0 Å². The van der Waals surface area contributed by atoms with Crippen LogP contribution in [0.3, 0.4) is 0 Å². The third-order valence-corrected chi connectivity index (χ3v) is 4.68. The third-order valence-electron chi connectivity index (χ3n) is 4.68. The molecule has 1 N–H and O–H groups in total. The van der Waals surface area contributed by atoms with Gasteiger partial charge in [-0.1, -0.05) is 12.1 Å². The first-order valence-corrected chi connectivity index (χ1v) is 9.10. The first kappa shape index (κ1) is 20.7. The molecule has 1 amide bonds. The van der Waals surface area contributed by atoms with Crippen LogP contribution in [0, 0.1) is 11.3 Å². The van der Waals surface area contributed by atoms with Crippen LogP contribution in [-0.2, 0) is 17.9 Å². The molecular formula is C22H21N3O5. The summed E-state index contributed by atoms with van der Waals surface area (Å²) in [6, 6.07) is 12.2. The van der Waals surface area contributed by atoms with Crippen molar-refractivity contribution in [3.05, 3.63) is 63.9 Å². The Morgan fingerprint density at radius 3 is 2.40 bits per heavy atom. The van der Waals surface area contributed by atoms with E-state index in [-0.39, 0.29) is 30.0 Å². The minimum Gasteiger partial charge on any atom is -0.496 e. The number of methoxy groups -OCH3 is 3. The van der Waals surface area contributed by atoms with Crippen molar-refractivity contribution in [3.63, 3.8) is 0 Å². The van der Waals surface area contributed by atoms with Crippen LogP contribution in [0.4, 0.5) is 0 Å². The molecule has 1 aromatic heterocycles. The average Bonchev–Trinajstić information content (AvgIpc) is 2.78. The fourth-order valence-corrected chi connectivity index (χ4v) is 3.19. The van der Waals surface area contributed by atoms with Gasteiger partial charge in [-0.05, 0) is 18.2 Å². The van der Waals surface area contributed by atoms with Crippen LogP contribution in [0.2, 0.25) is 0 Å². The number of rotatable bonds is 7. The van der Waals surface area contributed by atoms with Crippen molar-refractivity contribution in [2.75, 3.05) is 21.3 Å². The Bertz CT molecular complexity index is 1190. The van der Waals surface area contributed by atoms with Crippen LogP contribution < -0.4 is 25.0 Å². The number of pyridine rings is 1. The molecule has 8 nitrogen and oxygen atoms in total. The zero-order chi connectivity index (χ0) is 21.7. The number of hydrogen-bond acceptors (Lipinski definition) is 6. The molecule has 1 heterocycles. The summed E-state index contributed by atoms with van der Waals surface area (Å²) in [5.41, 5.74) is 0.939. The van der Waals surface area contributed by atoms with Gasteiger partial charge in [-0.25, -0.2) is 0 Å². The van der Waals surface area contributed by atoms with Gasteiger partial charge in [-0.3, -0.25) is 9.59 Å². The Morgan fingerprint density at radius 2 is 1.73 bits per heavy atom. The van der Waals surface area contributed by atoms with Crippen LogP contribution in [0.25, 0.3) is 10.9 Å². The van der Waals surface area contributed by atoms with Crippen molar-refractivity contribution in [2.45, 2.75) is 13.1 Å². The summed E-state index contributed by atoms with van der Waals surface area (Å²) in [5.74, 6) is 1.30. The summed E-state index contributed by atoms with van der Waals surface area (Å²) in [6.07, 6.45) is 1.40. The maximum Gasteiger partial charge on any atom is 0.240 e. The molecule has 0 saturated heterocycles. The van der Waals surface area contributed by atoms with Crippen molar-refractivity contribution in [3.8, 4) is 23.3 Å². The number of amides is 1. The zero-order valence-corrected chi connectivity index (χ0v) is 16.9. The van der Waals surface area contributed by atoms with Crippen LogP contribution >= 0.6 is 0 Å². The molecule has 0 aliphatic heterocycles. The second-order valence-corrected chi connectivity index (χ2v) is 6.42. The Labute approximate surface area is 173 Å². The summed E-state index contributed by atoms with van der Waals surface area (Å²) < 4.78 is 17.5. The summed E-state index contributed by atoms with van der Waals surface area (Å²) in [4.78, 5) is 24.9. The van der Waals surface area contributed by atoms with Crippen LogP contribution in [-0.4, -0.2) is 31.8 Å². The molecule has 30 heavy (non-hydrogen) atoms. The van der Waals surface area contributed by atoms with Gasteiger partial charge in [0.15, 0.2) is 11.5 Å². The van der Waals surface area contributed by atoms with Gasteiger partial charge in [-0.2, -0.15) is 5.26 Å². The number of benzene rings is 2. The Balaban J connectivity index is 1.83. The minimum absolute atomic E-state index is 0.0111. The number of carbonyl (C=O) groups excluding carboxylic acids is 1. The van der Waals surface area contributed by atoms with Gasteiger partial charge >= 0.3 is 0 Å². The third kappa shape index (κ3) is 4.05. The molecule has 8 heteroatoms. The summed E-state index contributed by atoms with van der Waals surface area (Å²) in [5, 5.41) is 12.5. The molecule has 0 bridgehead atoms. The zero-order valence-electron chi connectivity index (χ0n) is 16.9. The molecule has 2 aromatic carbocycles. The normalized spacial score (nSPS) is 10.3. The van der Waals surface area contributed by atoms with Gasteiger partial charge in [-0.15, -0.1) is 0 Å². The van der Waals surface area contributed by atoms with Crippen molar-refractivity contribution in [1.29, 1.82) is 5.26 Å². The van der Waals surface area contributed by atoms with Gasteiger partial charge in [0.1, 0.15) is 23.9 Å². The van der Waals surface area contributed by atoms with E-state index < -0.39 is 0 Å². The first-order chi connectivity index (χ1) is 14.5. The lowest BCUT2D eigenvalue weighted by molar-refractivity contribution is -0.121. The highest BCUT2D eigenvalue weighted by Gasteiger charge is 2.14. The summed E-state index contributed by atoms with van der Waals surface area (Å²) >= 11 is 0. The van der Waals surface area contributed by atoms with Gasteiger partial charge in [0.05, 0.1) is 26.8 Å². The molecule has 154 valence electrons. The molecule has 0 unspecified atom stereocenters. The number of nitrogens with one attached hydrogen (secondary N) is 1. The number of ether oxygens (including phenoxy) is 3. The van der Waals surface area contributed by atoms with E-state index in [1.54, 1.807) is 41.0 Å². The van der Waals surface area contributed by atoms with E-state index in [9.17, 15) is 14.9 Å². The molecule has 0 aliphatic carbocycles. The van der Waals surface area contributed by atoms with E-state index in [0.717, 1.165) is 0 Å². The monoisotopic (exact) mass is 407 g/mol. The van der Waals surface area contributed by atoms with Crippen LogP contribution in [0.5, 0.6) is 17.2 Å². The number of nitrogens with zero attached hydrogens (tertiary/aromatic N) is 2. The second kappa shape index (κ2) is 9.01. The molecule has 3 rings (SSSR count). The average molecular weight is 407 g/mol. The number of carbonyl (C=O) groups is 1. The highest BCUT2D eigenvalue weighted by atomic mass is 16.5. The van der Waals surface area contributed by atoms with E-state index in [2.05, 4.69) is 5.32 Å². The van der Waals surface area contributed by atoms with Crippen molar-refractivity contribution in [2.24, 2.45) is 0 Å². The number of aromatic nitrogens is 1. The molecule has 3 aromatic rings. The Morgan fingerprint density at radius 1 is 1.07 bits per heavy atom. The van der Waals surface area contributed by atoms with Gasteiger partial charge in [0.25, 0.3) is 0 Å². The minimum atomic E-state index is -0.347. The molecule has 0 spiro atoms. The number of fused-ring (bicyclic) bond motifs is 1. The van der Waals surface area contributed by atoms with E-state index in [1.807, 2.05) is 6.07 Å². The SMILES string of the molecule is COc1cc(OC)c(OC)cc1CNC(=O)Cn1cc(C#N)c(=O)c2ccccc21. The van der Waals surface area contributed by atoms with Gasteiger partial charge < -0.3 is 24.1 Å². The smallest absolute Gasteiger partial charge is 0.240 e. The van der Waals surface area contributed by atoms with Crippen molar-refractivity contribution in [1.82, 2.24) is 9.88 Å². The lowest BCUT2D eigenvalue weighted by atomic mass is 10.1. The molecule has 0 aliphatic rings. The maximum atomic E-state index is 12.6. The van der Waals surface area contributed by atoms with Crippen molar-refractivity contribution >= 4 is 16.8 Å². The van der Waals surface area contributed by atoms with E-state index in [4.69, 9.17) is 14.2 Å². The van der Waals surface area contributed by atoms with Gasteiger partial charge in [0, 0.05) is 29.8 Å². The fourth-order valence-electron chi connectivity index (χ4n) is 3.19. The predicted molar refractivity (Wildman–Crippen MR) is 111 cm³/mol. The number of para-hydroxylation sites is 1. The predicted octanol–water partition coefficient (Wildman–Crippen LogP) is 2.22.